The van der Waals surface area contributed by atoms with E-state index in [9.17, 15) is 10.1 Å². The average molecular weight is 289 g/mol. The van der Waals surface area contributed by atoms with Gasteiger partial charge in [0.15, 0.2) is 0 Å². The van der Waals surface area contributed by atoms with E-state index in [1.165, 1.54) is 0 Å². The molecule has 1 N–H and O–H groups in total. The minimum absolute atomic E-state index is 0.0291. The molecule has 0 radical (unpaired) electrons. The van der Waals surface area contributed by atoms with Crippen molar-refractivity contribution in [3.05, 3.63) is 21.1 Å². The van der Waals surface area contributed by atoms with Crippen LogP contribution in [0.3, 0.4) is 0 Å². The standard InChI is InChI=1S/C10H13ClN4O2S/c1-6-8(15(16)17)9(14-10(11)13-6)12-4-7-2-3-18-5-7/h7H,2-5H2,1H3,(H,12,13,14). The van der Waals surface area contributed by atoms with Crippen LogP contribution in [0.25, 0.3) is 0 Å². The summed E-state index contributed by atoms with van der Waals surface area (Å²) in [5, 5.41) is 14.0. The number of hydrogen-bond donors (Lipinski definition) is 1. The number of nitrogens with one attached hydrogen (secondary N) is 1. The molecule has 6 nitrogen and oxygen atoms in total. The zero-order valence-corrected chi connectivity index (χ0v) is 11.4. The molecular weight excluding hydrogens is 276 g/mol. The van der Waals surface area contributed by atoms with Crippen molar-refractivity contribution in [2.45, 2.75) is 13.3 Å². The summed E-state index contributed by atoms with van der Waals surface area (Å²) in [5.74, 6) is 2.98. The van der Waals surface area contributed by atoms with Crippen LogP contribution in [0, 0.1) is 23.0 Å². The maximum absolute atomic E-state index is 11.0. The first-order chi connectivity index (χ1) is 8.58. The summed E-state index contributed by atoms with van der Waals surface area (Å²) in [7, 11) is 0. The van der Waals surface area contributed by atoms with Gasteiger partial charge in [0.1, 0.15) is 5.69 Å². The second-order valence-corrected chi connectivity index (χ2v) is 5.63. The second-order valence-electron chi connectivity index (χ2n) is 4.14. The van der Waals surface area contributed by atoms with Gasteiger partial charge in [-0.2, -0.15) is 16.7 Å². The van der Waals surface area contributed by atoms with Gasteiger partial charge in [-0.3, -0.25) is 10.1 Å². The fourth-order valence-electron chi connectivity index (χ4n) is 1.86. The van der Waals surface area contributed by atoms with Crippen molar-refractivity contribution in [1.82, 2.24) is 9.97 Å². The lowest BCUT2D eigenvalue weighted by Gasteiger charge is -2.11. The van der Waals surface area contributed by atoms with E-state index >= 15 is 0 Å². The van der Waals surface area contributed by atoms with Crippen LogP contribution in [-0.4, -0.2) is 32.9 Å². The minimum atomic E-state index is -0.475. The van der Waals surface area contributed by atoms with E-state index in [4.69, 9.17) is 11.6 Å². The summed E-state index contributed by atoms with van der Waals surface area (Å²) in [6.45, 7) is 2.24. The lowest BCUT2D eigenvalue weighted by molar-refractivity contribution is -0.385. The Balaban J connectivity index is 2.16. The molecule has 1 aliphatic heterocycles. The van der Waals surface area contributed by atoms with Crippen LogP contribution in [-0.2, 0) is 0 Å². The smallest absolute Gasteiger partial charge is 0.332 e. The highest BCUT2D eigenvalue weighted by Gasteiger charge is 2.23. The number of aromatic nitrogens is 2. The van der Waals surface area contributed by atoms with E-state index in [-0.39, 0.29) is 22.5 Å². The number of anilines is 1. The van der Waals surface area contributed by atoms with E-state index in [1.807, 2.05) is 11.8 Å². The van der Waals surface area contributed by atoms with Crippen molar-refractivity contribution in [1.29, 1.82) is 0 Å². The molecule has 98 valence electrons. The van der Waals surface area contributed by atoms with Gasteiger partial charge in [-0.25, -0.2) is 4.98 Å². The molecule has 1 atom stereocenters. The largest absolute Gasteiger partial charge is 0.364 e. The average Bonchev–Trinajstić information content (AvgIpc) is 2.77. The summed E-state index contributed by atoms with van der Waals surface area (Å²) in [5.41, 5.74) is 0.188. The van der Waals surface area contributed by atoms with Crippen LogP contribution in [0.15, 0.2) is 0 Å². The van der Waals surface area contributed by atoms with Crippen molar-refractivity contribution in [2.24, 2.45) is 5.92 Å². The first-order valence-corrected chi connectivity index (χ1v) is 7.11. The van der Waals surface area contributed by atoms with E-state index in [0.717, 1.165) is 17.9 Å². The van der Waals surface area contributed by atoms with Gasteiger partial charge in [0.25, 0.3) is 0 Å². The summed E-state index contributed by atoms with van der Waals surface area (Å²) in [6, 6.07) is 0. The lowest BCUT2D eigenvalue weighted by Crippen LogP contribution is -2.16. The molecule has 0 aromatic carbocycles. The van der Waals surface area contributed by atoms with Crippen molar-refractivity contribution in [3.8, 4) is 0 Å². The molecule has 1 fully saturated rings. The quantitative estimate of drug-likeness (QED) is 0.521. The Kier molecular flexibility index (Phi) is 4.23. The molecule has 18 heavy (non-hydrogen) atoms. The molecule has 2 heterocycles. The molecule has 0 amide bonds. The summed E-state index contributed by atoms with van der Waals surface area (Å²) >= 11 is 7.63. The number of nitrogens with zero attached hydrogens (tertiary/aromatic N) is 3. The Morgan fingerprint density at radius 1 is 1.61 bits per heavy atom. The molecule has 2 rings (SSSR count). The Hall–Kier alpha value is -1.08. The predicted molar refractivity (Wildman–Crippen MR) is 72.4 cm³/mol. The molecule has 8 heteroatoms. The van der Waals surface area contributed by atoms with Gasteiger partial charge in [0.05, 0.1) is 4.92 Å². The third kappa shape index (κ3) is 3.02. The molecule has 1 unspecified atom stereocenters. The molecular formula is C10H13ClN4O2S. The third-order valence-corrected chi connectivity index (χ3v) is 4.20. The normalized spacial score (nSPS) is 18.9. The summed E-state index contributed by atoms with van der Waals surface area (Å²) < 4.78 is 0. The summed E-state index contributed by atoms with van der Waals surface area (Å²) in [6.07, 6.45) is 1.13. The van der Waals surface area contributed by atoms with Crippen LogP contribution in [0.5, 0.6) is 0 Å². The van der Waals surface area contributed by atoms with Crippen molar-refractivity contribution < 1.29 is 4.92 Å². The highest BCUT2D eigenvalue weighted by Crippen LogP contribution is 2.28. The van der Waals surface area contributed by atoms with Gasteiger partial charge in [-0.15, -0.1) is 0 Å². The van der Waals surface area contributed by atoms with Crippen molar-refractivity contribution in [3.63, 3.8) is 0 Å². The van der Waals surface area contributed by atoms with Crippen LogP contribution in [0.1, 0.15) is 12.1 Å². The number of thioether (sulfide) groups is 1. The topological polar surface area (TPSA) is 81.0 Å². The molecule has 1 saturated heterocycles. The minimum Gasteiger partial charge on any atom is -0.364 e. The number of aryl methyl sites for hydroxylation is 1. The Morgan fingerprint density at radius 3 is 3.00 bits per heavy atom. The zero-order valence-electron chi connectivity index (χ0n) is 9.85. The monoisotopic (exact) mass is 288 g/mol. The predicted octanol–water partition coefficient (Wildman–Crippen LogP) is 2.51. The van der Waals surface area contributed by atoms with Gasteiger partial charge >= 0.3 is 5.69 Å². The van der Waals surface area contributed by atoms with Gasteiger partial charge in [-0.05, 0) is 42.4 Å². The number of halogens is 1. The highest BCUT2D eigenvalue weighted by atomic mass is 35.5. The molecule has 0 bridgehead atoms. The maximum Gasteiger partial charge on any atom is 0.332 e. The van der Waals surface area contributed by atoms with E-state index < -0.39 is 4.92 Å². The Labute approximate surface area is 114 Å². The fourth-order valence-corrected chi connectivity index (χ4v) is 3.36. The molecule has 1 aromatic heterocycles. The van der Waals surface area contributed by atoms with Crippen LogP contribution >= 0.6 is 23.4 Å². The number of hydrogen-bond acceptors (Lipinski definition) is 6. The van der Waals surface area contributed by atoms with E-state index in [2.05, 4.69) is 15.3 Å². The first-order valence-electron chi connectivity index (χ1n) is 5.58. The van der Waals surface area contributed by atoms with Gasteiger partial charge in [0.2, 0.25) is 11.1 Å². The molecule has 1 aromatic rings. The number of nitro groups is 1. The Morgan fingerprint density at radius 2 is 2.39 bits per heavy atom. The second kappa shape index (κ2) is 5.71. The van der Waals surface area contributed by atoms with Crippen molar-refractivity contribution >= 4 is 34.9 Å². The Bertz CT molecular complexity index is 465. The fraction of sp³-hybridized carbons (Fsp3) is 0.600. The van der Waals surface area contributed by atoms with Gasteiger partial charge in [0, 0.05) is 6.54 Å². The van der Waals surface area contributed by atoms with Gasteiger partial charge in [-0.1, -0.05) is 0 Å². The van der Waals surface area contributed by atoms with E-state index in [1.54, 1.807) is 6.92 Å². The van der Waals surface area contributed by atoms with Crippen LogP contribution < -0.4 is 5.32 Å². The van der Waals surface area contributed by atoms with Crippen LogP contribution in [0.4, 0.5) is 11.5 Å². The molecule has 0 aliphatic carbocycles. The SMILES string of the molecule is Cc1nc(Cl)nc(NCC2CCSC2)c1[N+](=O)[O-]. The highest BCUT2D eigenvalue weighted by molar-refractivity contribution is 7.99. The maximum atomic E-state index is 11.0. The summed E-state index contributed by atoms with van der Waals surface area (Å²) in [4.78, 5) is 18.2. The molecule has 1 aliphatic rings. The number of rotatable bonds is 4. The van der Waals surface area contributed by atoms with Gasteiger partial charge < -0.3 is 5.32 Å². The van der Waals surface area contributed by atoms with Crippen molar-refractivity contribution in [2.75, 3.05) is 23.4 Å². The molecule has 0 spiro atoms. The van der Waals surface area contributed by atoms with E-state index in [0.29, 0.717) is 12.5 Å². The zero-order chi connectivity index (χ0) is 13.1. The van der Waals surface area contributed by atoms with Crippen LogP contribution in [0.2, 0.25) is 5.28 Å². The molecule has 0 saturated carbocycles. The lowest BCUT2D eigenvalue weighted by atomic mass is 10.1. The first kappa shape index (κ1) is 13.4. The third-order valence-electron chi connectivity index (χ3n) is 2.80.